The lowest BCUT2D eigenvalue weighted by atomic mass is 10.0. The Morgan fingerprint density at radius 1 is 1.10 bits per heavy atom. The molecule has 0 saturated carbocycles. The molecule has 1 amide bonds. The molecule has 4 rings (SSSR count). The van der Waals surface area contributed by atoms with E-state index in [1.807, 2.05) is 37.3 Å². The highest BCUT2D eigenvalue weighted by molar-refractivity contribution is 5.76. The van der Waals surface area contributed by atoms with Gasteiger partial charge in [0.1, 0.15) is 11.6 Å². The molecule has 1 atom stereocenters. The predicted octanol–water partition coefficient (Wildman–Crippen LogP) is 2.90. The number of hydrogen-bond acceptors (Lipinski definition) is 4. The maximum absolute atomic E-state index is 13.5. The number of carbonyl (C=O) groups excluding carboxylic acids is 1. The van der Waals surface area contributed by atoms with E-state index in [0.29, 0.717) is 30.9 Å². The first-order valence-corrected chi connectivity index (χ1v) is 10.0. The minimum Gasteiger partial charge on any atom is -0.352 e. The number of carbonyl (C=O) groups is 1. The first kappa shape index (κ1) is 20.5. The third-order valence-corrected chi connectivity index (χ3v) is 5.03. The largest absolute Gasteiger partial charge is 0.352 e. The van der Waals surface area contributed by atoms with E-state index in [1.165, 1.54) is 16.7 Å². The van der Waals surface area contributed by atoms with Crippen molar-refractivity contribution in [1.29, 1.82) is 0 Å². The van der Waals surface area contributed by atoms with Crippen LogP contribution in [0.25, 0.3) is 11.3 Å². The van der Waals surface area contributed by atoms with E-state index in [9.17, 15) is 14.0 Å². The molecular weight excluding hydrogens is 397 g/mol. The average molecular weight is 419 g/mol. The molecule has 8 heteroatoms. The second kappa shape index (κ2) is 8.91. The number of rotatable bonds is 7. The smallest absolute Gasteiger partial charge is 0.300 e. The summed E-state index contributed by atoms with van der Waals surface area (Å²) in [7, 11) is 0. The number of nitrogens with zero attached hydrogens (tertiary/aromatic N) is 4. The van der Waals surface area contributed by atoms with Gasteiger partial charge in [-0.3, -0.25) is 18.6 Å². The Kier molecular flexibility index (Phi) is 5.88. The maximum atomic E-state index is 13.5. The quantitative estimate of drug-likeness (QED) is 0.499. The number of benzene rings is 2. The molecule has 0 bridgehead atoms. The molecular formula is C23H22FN5O2. The third-order valence-electron chi connectivity index (χ3n) is 5.03. The van der Waals surface area contributed by atoms with Crippen LogP contribution in [-0.4, -0.2) is 25.1 Å². The molecule has 1 N–H and O–H groups in total. The van der Waals surface area contributed by atoms with E-state index >= 15 is 0 Å². The second-order valence-corrected chi connectivity index (χ2v) is 7.54. The van der Waals surface area contributed by atoms with Gasteiger partial charge in [0.05, 0.1) is 5.69 Å². The number of amides is 1. The van der Waals surface area contributed by atoms with Gasteiger partial charge in [-0.1, -0.05) is 43.3 Å². The van der Waals surface area contributed by atoms with Crippen molar-refractivity contribution < 1.29 is 9.18 Å². The summed E-state index contributed by atoms with van der Waals surface area (Å²) in [4.78, 5) is 25.1. The molecule has 2 aromatic carbocycles. The van der Waals surface area contributed by atoms with Crippen LogP contribution < -0.4 is 10.9 Å². The van der Waals surface area contributed by atoms with Gasteiger partial charge in [-0.2, -0.15) is 0 Å². The lowest BCUT2D eigenvalue weighted by Gasteiger charge is -2.11. The van der Waals surface area contributed by atoms with Crippen LogP contribution in [0.4, 0.5) is 4.39 Å². The number of nitrogens with one attached hydrogen (secondary N) is 1. The topological polar surface area (TPSA) is 81.3 Å². The SMILES string of the molecule is C[C@@H](CC(=O)NCc1ccccc1)Cc1nnc2c(=O)n(-c3cccc(F)c3)ccn12. The van der Waals surface area contributed by atoms with Crippen LogP contribution in [0.2, 0.25) is 0 Å². The van der Waals surface area contributed by atoms with Gasteiger partial charge >= 0.3 is 5.56 Å². The van der Waals surface area contributed by atoms with E-state index in [-0.39, 0.29) is 23.0 Å². The highest BCUT2D eigenvalue weighted by Crippen LogP contribution is 2.13. The highest BCUT2D eigenvalue weighted by atomic mass is 19.1. The van der Waals surface area contributed by atoms with Gasteiger partial charge in [-0.25, -0.2) is 4.39 Å². The molecule has 4 aromatic rings. The summed E-state index contributed by atoms with van der Waals surface area (Å²) >= 11 is 0. The predicted molar refractivity (Wildman–Crippen MR) is 114 cm³/mol. The number of halogens is 1. The molecule has 0 saturated heterocycles. The maximum Gasteiger partial charge on any atom is 0.300 e. The van der Waals surface area contributed by atoms with Crippen LogP contribution in [0.1, 0.15) is 24.7 Å². The fourth-order valence-corrected chi connectivity index (χ4v) is 3.47. The second-order valence-electron chi connectivity index (χ2n) is 7.54. The summed E-state index contributed by atoms with van der Waals surface area (Å²) < 4.78 is 16.5. The standard InChI is InChI=1S/C23H22FN5O2/c1-16(13-21(30)25-15-17-6-3-2-4-7-17)12-20-26-27-22-23(31)28(10-11-29(20)22)19-9-5-8-18(24)14-19/h2-11,14,16H,12-13,15H2,1H3,(H,25,30)/t16-/m1/s1. The van der Waals surface area contributed by atoms with Crippen molar-refractivity contribution in [1.82, 2.24) is 24.5 Å². The minimum atomic E-state index is -0.425. The monoisotopic (exact) mass is 419 g/mol. The Balaban J connectivity index is 1.44. The molecule has 0 aliphatic carbocycles. The number of fused-ring (bicyclic) bond motifs is 1. The van der Waals surface area contributed by atoms with Crippen molar-refractivity contribution in [3.63, 3.8) is 0 Å². The van der Waals surface area contributed by atoms with E-state index in [0.717, 1.165) is 5.56 Å². The summed E-state index contributed by atoms with van der Waals surface area (Å²) in [6, 6.07) is 15.5. The molecule has 2 aromatic heterocycles. The molecule has 7 nitrogen and oxygen atoms in total. The van der Waals surface area contributed by atoms with E-state index in [4.69, 9.17) is 0 Å². The molecule has 0 aliphatic heterocycles. The minimum absolute atomic E-state index is 0.00817. The zero-order valence-corrected chi connectivity index (χ0v) is 17.0. The molecule has 0 unspecified atom stereocenters. The number of hydrogen-bond donors (Lipinski definition) is 1. The van der Waals surface area contributed by atoms with Crippen LogP contribution in [0, 0.1) is 11.7 Å². The lowest BCUT2D eigenvalue weighted by molar-refractivity contribution is -0.122. The Bertz CT molecular complexity index is 1270. The van der Waals surface area contributed by atoms with E-state index in [2.05, 4.69) is 15.5 Å². The van der Waals surface area contributed by atoms with Crippen LogP contribution in [-0.2, 0) is 17.8 Å². The molecule has 0 radical (unpaired) electrons. The Morgan fingerprint density at radius 3 is 2.68 bits per heavy atom. The normalized spacial score (nSPS) is 12.1. The average Bonchev–Trinajstić information content (AvgIpc) is 3.16. The van der Waals surface area contributed by atoms with Gasteiger partial charge in [-0.15, -0.1) is 10.2 Å². The van der Waals surface area contributed by atoms with Gasteiger partial charge in [0, 0.05) is 31.8 Å². The van der Waals surface area contributed by atoms with E-state index in [1.54, 1.807) is 28.9 Å². The van der Waals surface area contributed by atoms with Gasteiger partial charge in [-0.05, 0) is 29.7 Å². The summed E-state index contributed by atoms with van der Waals surface area (Å²) in [6.45, 7) is 2.44. The Hall–Kier alpha value is -3.81. The van der Waals surface area contributed by atoms with Gasteiger partial charge in [0.2, 0.25) is 11.6 Å². The Labute approximate surface area is 178 Å². The van der Waals surface area contributed by atoms with Gasteiger partial charge in [0.15, 0.2) is 0 Å². The van der Waals surface area contributed by atoms with Crippen molar-refractivity contribution in [3.8, 4) is 5.69 Å². The molecule has 31 heavy (non-hydrogen) atoms. The van der Waals surface area contributed by atoms with Crippen molar-refractivity contribution in [2.24, 2.45) is 5.92 Å². The van der Waals surface area contributed by atoms with Crippen LogP contribution in [0.5, 0.6) is 0 Å². The molecule has 0 aliphatic rings. The summed E-state index contributed by atoms with van der Waals surface area (Å²) in [5.74, 6) is 0.139. The van der Waals surface area contributed by atoms with Gasteiger partial charge < -0.3 is 5.32 Å². The zero-order valence-electron chi connectivity index (χ0n) is 17.0. The fraction of sp³-hybridized carbons (Fsp3) is 0.217. The summed E-state index contributed by atoms with van der Waals surface area (Å²) in [5, 5.41) is 11.1. The third kappa shape index (κ3) is 4.69. The fourth-order valence-electron chi connectivity index (χ4n) is 3.47. The Morgan fingerprint density at radius 2 is 1.90 bits per heavy atom. The van der Waals surface area contributed by atoms with Crippen molar-refractivity contribution in [2.45, 2.75) is 26.3 Å². The first-order chi connectivity index (χ1) is 15.0. The van der Waals surface area contributed by atoms with Crippen LogP contribution >= 0.6 is 0 Å². The zero-order chi connectivity index (χ0) is 21.8. The van der Waals surface area contributed by atoms with Gasteiger partial charge in [0.25, 0.3) is 0 Å². The molecule has 0 fully saturated rings. The number of aromatic nitrogens is 4. The van der Waals surface area contributed by atoms with Crippen LogP contribution in [0.15, 0.2) is 71.8 Å². The van der Waals surface area contributed by atoms with Crippen LogP contribution in [0.3, 0.4) is 0 Å². The van der Waals surface area contributed by atoms with E-state index < -0.39 is 5.82 Å². The summed E-state index contributed by atoms with van der Waals surface area (Å²) in [5.41, 5.74) is 1.23. The summed E-state index contributed by atoms with van der Waals surface area (Å²) in [6.07, 6.45) is 4.07. The molecule has 2 heterocycles. The molecule has 0 spiro atoms. The van der Waals surface area contributed by atoms with Crippen molar-refractivity contribution >= 4 is 11.6 Å². The lowest BCUT2D eigenvalue weighted by Crippen LogP contribution is -2.25. The molecule has 158 valence electrons. The first-order valence-electron chi connectivity index (χ1n) is 10.0. The van der Waals surface area contributed by atoms with Crippen molar-refractivity contribution in [2.75, 3.05) is 0 Å². The van der Waals surface area contributed by atoms with Crippen molar-refractivity contribution in [3.05, 3.63) is 94.5 Å². The highest BCUT2D eigenvalue weighted by Gasteiger charge is 2.16.